The maximum atomic E-state index is 13.3. The number of ketones is 1. The molecule has 0 saturated heterocycles. The van der Waals surface area contributed by atoms with Crippen molar-refractivity contribution in [2.24, 2.45) is 0 Å². The Balaban J connectivity index is 2.37. The molecule has 2 aromatic carbocycles. The van der Waals surface area contributed by atoms with Crippen LogP contribution in [-0.4, -0.2) is 18.1 Å². The van der Waals surface area contributed by atoms with E-state index in [1.807, 2.05) is 60.7 Å². The number of hydrogen-bond acceptors (Lipinski definition) is 3. The molecule has 0 N–H and O–H groups in total. The first-order valence-electron chi connectivity index (χ1n) is 8.50. The van der Waals surface area contributed by atoms with Crippen LogP contribution in [0.5, 0.6) is 0 Å². The number of benzene rings is 2. The van der Waals surface area contributed by atoms with Crippen LogP contribution in [-0.2, 0) is 4.57 Å². The van der Waals surface area contributed by atoms with Gasteiger partial charge in [-0.25, -0.2) is 0 Å². The van der Waals surface area contributed by atoms with Crippen LogP contribution >= 0.6 is 17.7 Å². The van der Waals surface area contributed by atoms with Crippen molar-refractivity contribution in [1.82, 2.24) is 0 Å². The molecule has 4 heteroatoms. The average Bonchev–Trinajstić information content (AvgIpc) is 2.61. The molecular weight excluding hydrogens is 335 g/mol. The summed E-state index contributed by atoms with van der Waals surface area (Å²) in [6.07, 6.45) is 0.724. The minimum absolute atomic E-state index is 0.0410. The highest BCUT2D eigenvalue weighted by Gasteiger charge is 2.31. The van der Waals surface area contributed by atoms with Gasteiger partial charge in [0, 0.05) is 17.9 Å². The van der Waals surface area contributed by atoms with Gasteiger partial charge in [0.15, 0.2) is 5.78 Å². The molecule has 0 aromatic heterocycles. The van der Waals surface area contributed by atoms with Gasteiger partial charge in [0.05, 0.1) is 5.25 Å². The first-order valence-corrected chi connectivity index (χ1v) is 12.1. The zero-order valence-corrected chi connectivity index (χ0v) is 16.1. The molecule has 1 unspecified atom stereocenters. The lowest BCUT2D eigenvalue weighted by atomic mass is 10.0. The van der Waals surface area contributed by atoms with Crippen molar-refractivity contribution in [2.75, 3.05) is 12.3 Å². The molecule has 0 amide bonds. The summed E-state index contributed by atoms with van der Waals surface area (Å²) in [7, 11) is 0. The van der Waals surface area contributed by atoms with Crippen molar-refractivity contribution in [1.29, 1.82) is 0 Å². The molecule has 0 heterocycles. The Hall–Kier alpha value is -1.31. The monoisotopic (exact) mass is 360 g/mol. The Morgan fingerprint density at radius 1 is 0.917 bits per heavy atom. The fraction of sp³-hybridized carbons (Fsp3) is 0.350. The Morgan fingerprint density at radius 3 is 1.92 bits per heavy atom. The van der Waals surface area contributed by atoms with Gasteiger partial charge in [0.1, 0.15) is 6.34 Å². The van der Waals surface area contributed by atoms with Gasteiger partial charge in [-0.05, 0) is 18.4 Å². The second-order valence-corrected chi connectivity index (χ2v) is 11.7. The van der Waals surface area contributed by atoms with Crippen molar-refractivity contribution < 1.29 is 9.36 Å². The predicted molar refractivity (Wildman–Crippen MR) is 105 cm³/mol. The SMILES string of the molecule is CCCP(=O)(CCC)SC(C(=O)c1ccccc1)c1ccccc1. The van der Waals surface area contributed by atoms with Gasteiger partial charge in [-0.15, -0.1) is 0 Å². The lowest BCUT2D eigenvalue weighted by Gasteiger charge is -2.23. The van der Waals surface area contributed by atoms with Crippen LogP contribution in [0, 0.1) is 0 Å². The third-order valence-electron chi connectivity index (χ3n) is 3.82. The van der Waals surface area contributed by atoms with Gasteiger partial charge in [-0.1, -0.05) is 85.9 Å². The van der Waals surface area contributed by atoms with E-state index >= 15 is 0 Å². The van der Waals surface area contributed by atoms with E-state index < -0.39 is 11.6 Å². The molecule has 0 fully saturated rings. The topological polar surface area (TPSA) is 34.1 Å². The number of carbonyl (C=O) groups is 1. The number of Topliss-reactive ketones (excluding diaryl/α,β-unsaturated/α-hetero) is 1. The van der Waals surface area contributed by atoms with Crippen LogP contribution < -0.4 is 0 Å². The standard InChI is InChI=1S/C20H25O2PS/c1-3-15-23(22,16-4-2)24-20(18-13-9-6-10-14-18)19(21)17-11-7-5-8-12-17/h5-14,20H,3-4,15-16H2,1-2H3. The van der Waals surface area contributed by atoms with Crippen LogP contribution in [0.15, 0.2) is 60.7 Å². The van der Waals surface area contributed by atoms with E-state index in [0.29, 0.717) is 17.9 Å². The molecule has 0 spiro atoms. The Bertz CT molecular complexity index is 675. The summed E-state index contributed by atoms with van der Waals surface area (Å²) < 4.78 is 13.3. The Labute approximate surface area is 149 Å². The highest BCUT2D eigenvalue weighted by Crippen LogP contribution is 2.64. The summed E-state index contributed by atoms with van der Waals surface area (Å²) in [5.41, 5.74) is 1.61. The first kappa shape index (κ1) is 19.0. The molecule has 0 bridgehead atoms. The maximum Gasteiger partial charge on any atom is 0.180 e. The molecule has 2 rings (SSSR count). The Morgan fingerprint density at radius 2 is 1.42 bits per heavy atom. The van der Waals surface area contributed by atoms with Crippen molar-refractivity contribution >= 4 is 23.5 Å². The summed E-state index contributed by atoms with van der Waals surface area (Å²) in [4.78, 5) is 13.1. The van der Waals surface area contributed by atoms with Crippen LogP contribution in [0.4, 0.5) is 0 Å². The van der Waals surface area contributed by atoms with Crippen LogP contribution in [0.2, 0.25) is 0 Å². The quantitative estimate of drug-likeness (QED) is 0.381. The minimum Gasteiger partial charge on any atom is -0.312 e. The van der Waals surface area contributed by atoms with Crippen LogP contribution in [0.1, 0.15) is 47.9 Å². The largest absolute Gasteiger partial charge is 0.312 e. The zero-order valence-electron chi connectivity index (χ0n) is 14.4. The summed E-state index contributed by atoms with van der Waals surface area (Å²) in [6, 6.07) is 19.1. The lowest BCUT2D eigenvalue weighted by molar-refractivity contribution is 0.0990. The van der Waals surface area contributed by atoms with Crippen LogP contribution in [0.3, 0.4) is 0 Å². The van der Waals surface area contributed by atoms with E-state index in [4.69, 9.17) is 0 Å². The van der Waals surface area contributed by atoms with Gasteiger partial charge in [0.2, 0.25) is 0 Å². The van der Waals surface area contributed by atoms with Gasteiger partial charge in [-0.3, -0.25) is 4.79 Å². The average molecular weight is 360 g/mol. The minimum atomic E-state index is -2.42. The fourth-order valence-electron chi connectivity index (χ4n) is 2.73. The van der Waals surface area contributed by atoms with E-state index in [0.717, 1.165) is 18.4 Å². The Kier molecular flexibility index (Phi) is 7.33. The van der Waals surface area contributed by atoms with Gasteiger partial charge in [-0.2, -0.15) is 0 Å². The third kappa shape index (κ3) is 5.09. The number of rotatable bonds is 9. The number of hydrogen-bond donors (Lipinski definition) is 0. The molecule has 24 heavy (non-hydrogen) atoms. The molecule has 1 atom stereocenters. The summed E-state index contributed by atoms with van der Waals surface area (Å²) in [5, 5.41) is -0.405. The highest BCUT2D eigenvalue weighted by atomic mass is 32.7. The van der Waals surface area contributed by atoms with E-state index in [2.05, 4.69) is 13.8 Å². The molecule has 0 aliphatic heterocycles. The zero-order chi connectivity index (χ0) is 17.4. The molecule has 2 nitrogen and oxygen atoms in total. The molecule has 128 valence electrons. The summed E-state index contributed by atoms with van der Waals surface area (Å²) >= 11 is 1.40. The van der Waals surface area contributed by atoms with Gasteiger partial charge < -0.3 is 4.57 Å². The molecule has 0 aliphatic rings. The third-order valence-corrected chi connectivity index (χ3v) is 10.0. The molecule has 0 saturated carbocycles. The van der Waals surface area contributed by atoms with Crippen molar-refractivity contribution in [2.45, 2.75) is 31.9 Å². The molecule has 0 aliphatic carbocycles. The van der Waals surface area contributed by atoms with E-state index in [1.54, 1.807) is 0 Å². The van der Waals surface area contributed by atoms with Crippen LogP contribution in [0.25, 0.3) is 0 Å². The summed E-state index contributed by atoms with van der Waals surface area (Å²) in [6.45, 7) is 4.11. The fourth-order valence-corrected chi connectivity index (χ4v) is 8.96. The predicted octanol–water partition coefficient (Wildman–Crippen LogP) is 6.44. The van der Waals surface area contributed by atoms with Crippen molar-refractivity contribution in [3.05, 3.63) is 71.8 Å². The number of carbonyl (C=O) groups excluding carboxylic acids is 1. The smallest absolute Gasteiger partial charge is 0.180 e. The molecule has 0 radical (unpaired) electrons. The second kappa shape index (κ2) is 9.25. The maximum absolute atomic E-state index is 13.3. The highest BCUT2D eigenvalue weighted by molar-refractivity contribution is 8.58. The van der Waals surface area contributed by atoms with E-state index in [-0.39, 0.29) is 5.78 Å². The van der Waals surface area contributed by atoms with Gasteiger partial charge >= 0.3 is 0 Å². The van der Waals surface area contributed by atoms with Crippen molar-refractivity contribution in [3.63, 3.8) is 0 Å². The summed E-state index contributed by atoms with van der Waals surface area (Å²) in [5.74, 6) is 0.0410. The van der Waals surface area contributed by atoms with Gasteiger partial charge in [0.25, 0.3) is 0 Å². The molecular formula is C20H25O2PS. The second-order valence-electron chi connectivity index (χ2n) is 5.89. The lowest BCUT2D eigenvalue weighted by Crippen LogP contribution is -2.10. The molecule has 2 aromatic rings. The van der Waals surface area contributed by atoms with E-state index in [1.165, 1.54) is 11.4 Å². The normalized spacial score (nSPS) is 12.8. The van der Waals surface area contributed by atoms with Crippen molar-refractivity contribution in [3.8, 4) is 0 Å². The first-order chi connectivity index (χ1) is 11.6. The van der Waals surface area contributed by atoms with E-state index in [9.17, 15) is 9.36 Å².